The van der Waals surface area contributed by atoms with Crippen molar-refractivity contribution in [3.63, 3.8) is 0 Å². The number of amides is 1. The first-order valence-corrected chi connectivity index (χ1v) is 8.70. The Morgan fingerprint density at radius 1 is 1.24 bits per heavy atom. The van der Waals surface area contributed by atoms with Crippen LogP contribution in [0.25, 0.3) is 11.3 Å². The second-order valence-corrected chi connectivity index (χ2v) is 6.96. The van der Waals surface area contributed by atoms with Gasteiger partial charge in [0.25, 0.3) is 5.91 Å². The zero-order chi connectivity index (χ0) is 17.3. The highest BCUT2D eigenvalue weighted by molar-refractivity contribution is 6.39. The van der Waals surface area contributed by atoms with Gasteiger partial charge in [0, 0.05) is 17.6 Å². The lowest BCUT2D eigenvalue weighted by Crippen LogP contribution is -2.40. The van der Waals surface area contributed by atoms with Gasteiger partial charge in [-0.05, 0) is 44.7 Å². The second kappa shape index (κ2) is 8.41. The van der Waals surface area contributed by atoms with E-state index in [9.17, 15) is 4.79 Å². The van der Waals surface area contributed by atoms with Gasteiger partial charge in [-0.3, -0.25) is 4.79 Å². The van der Waals surface area contributed by atoms with Crippen LogP contribution in [0.4, 0.5) is 0 Å². The van der Waals surface area contributed by atoms with Crippen LogP contribution < -0.4 is 11.1 Å². The lowest BCUT2D eigenvalue weighted by atomic mass is 9.91. The molecule has 1 aromatic heterocycles. The Balaban J connectivity index is 0.00000225. The van der Waals surface area contributed by atoms with E-state index in [-0.39, 0.29) is 30.4 Å². The molecule has 1 aliphatic rings. The number of carbonyl (C=O) groups excluding carboxylic acids is 1. The number of halogens is 3. The maximum Gasteiger partial charge on any atom is 0.257 e. The molecule has 0 atom stereocenters. The van der Waals surface area contributed by atoms with Crippen molar-refractivity contribution in [1.29, 1.82) is 0 Å². The summed E-state index contributed by atoms with van der Waals surface area (Å²) in [5, 5.41) is 7.91. The third kappa shape index (κ3) is 4.29. The van der Waals surface area contributed by atoms with Gasteiger partial charge in [-0.15, -0.1) is 12.4 Å². The van der Waals surface area contributed by atoms with Gasteiger partial charge in [0.1, 0.15) is 17.0 Å². The maximum atomic E-state index is 12.8. The monoisotopic (exact) mass is 403 g/mol. The third-order valence-corrected chi connectivity index (χ3v) is 5.03. The summed E-state index contributed by atoms with van der Waals surface area (Å²) in [5.41, 5.74) is 7.16. The molecule has 3 rings (SSSR count). The summed E-state index contributed by atoms with van der Waals surface area (Å²) in [5.74, 6) is 0.214. The molecule has 1 aliphatic carbocycles. The number of hydrogen-bond donors (Lipinski definition) is 2. The van der Waals surface area contributed by atoms with Crippen LogP contribution in [0, 0.1) is 6.92 Å². The first-order chi connectivity index (χ1) is 11.5. The van der Waals surface area contributed by atoms with Crippen molar-refractivity contribution >= 4 is 41.5 Å². The van der Waals surface area contributed by atoms with Crippen molar-refractivity contribution in [2.75, 3.05) is 0 Å². The summed E-state index contributed by atoms with van der Waals surface area (Å²) in [6, 6.07) is 5.49. The zero-order valence-corrected chi connectivity index (χ0v) is 16.0. The van der Waals surface area contributed by atoms with E-state index in [0.717, 1.165) is 25.7 Å². The van der Waals surface area contributed by atoms with Crippen LogP contribution in [0.3, 0.4) is 0 Å². The van der Waals surface area contributed by atoms with Crippen molar-refractivity contribution in [3.05, 3.63) is 39.6 Å². The number of carbonyl (C=O) groups is 1. The predicted octanol–water partition coefficient (Wildman–Crippen LogP) is 4.38. The van der Waals surface area contributed by atoms with Crippen LogP contribution >= 0.6 is 35.6 Å². The van der Waals surface area contributed by atoms with Crippen molar-refractivity contribution < 1.29 is 9.32 Å². The molecule has 0 aliphatic heterocycles. The maximum absolute atomic E-state index is 12.8. The molecule has 25 heavy (non-hydrogen) atoms. The smallest absolute Gasteiger partial charge is 0.257 e. The first-order valence-electron chi connectivity index (χ1n) is 7.94. The van der Waals surface area contributed by atoms with Crippen molar-refractivity contribution in [3.8, 4) is 11.3 Å². The Morgan fingerprint density at radius 2 is 1.84 bits per heavy atom. The predicted molar refractivity (Wildman–Crippen MR) is 102 cm³/mol. The molecule has 0 radical (unpaired) electrons. The summed E-state index contributed by atoms with van der Waals surface area (Å²) in [6.07, 6.45) is 3.58. The summed E-state index contributed by atoms with van der Waals surface area (Å²) < 4.78 is 5.24. The molecule has 2 aromatic rings. The van der Waals surface area contributed by atoms with Gasteiger partial charge in [0.15, 0.2) is 0 Å². The van der Waals surface area contributed by atoms with Gasteiger partial charge >= 0.3 is 0 Å². The minimum Gasteiger partial charge on any atom is -0.360 e. The van der Waals surface area contributed by atoms with Crippen LogP contribution in [0.5, 0.6) is 0 Å². The molecule has 1 saturated carbocycles. The lowest BCUT2D eigenvalue weighted by molar-refractivity contribution is 0.0925. The molecular formula is C17H20Cl3N3O2. The fourth-order valence-corrected chi connectivity index (χ4v) is 3.63. The van der Waals surface area contributed by atoms with Crippen molar-refractivity contribution in [1.82, 2.24) is 10.5 Å². The molecule has 1 aromatic carbocycles. The van der Waals surface area contributed by atoms with E-state index in [2.05, 4.69) is 10.5 Å². The highest BCUT2D eigenvalue weighted by Crippen LogP contribution is 2.36. The van der Waals surface area contributed by atoms with Gasteiger partial charge in [0.2, 0.25) is 0 Å². The van der Waals surface area contributed by atoms with Crippen LogP contribution in [0.1, 0.15) is 41.8 Å². The summed E-state index contributed by atoms with van der Waals surface area (Å²) >= 11 is 12.5. The number of aryl methyl sites for hydroxylation is 1. The van der Waals surface area contributed by atoms with E-state index in [4.69, 9.17) is 33.5 Å². The average molecular weight is 405 g/mol. The molecule has 1 fully saturated rings. The number of nitrogens with one attached hydrogen (secondary N) is 1. The van der Waals surface area contributed by atoms with E-state index >= 15 is 0 Å². The molecular weight excluding hydrogens is 385 g/mol. The molecule has 3 N–H and O–H groups in total. The normalized spacial score (nSPS) is 20.0. The molecule has 1 heterocycles. The van der Waals surface area contributed by atoms with Gasteiger partial charge in [-0.2, -0.15) is 0 Å². The summed E-state index contributed by atoms with van der Waals surface area (Å²) in [4.78, 5) is 12.8. The summed E-state index contributed by atoms with van der Waals surface area (Å²) in [6.45, 7) is 1.70. The number of rotatable bonds is 3. The van der Waals surface area contributed by atoms with Crippen molar-refractivity contribution in [2.45, 2.75) is 44.7 Å². The van der Waals surface area contributed by atoms with E-state index in [0.29, 0.717) is 32.6 Å². The number of hydrogen-bond acceptors (Lipinski definition) is 4. The summed E-state index contributed by atoms with van der Waals surface area (Å²) in [7, 11) is 0. The molecule has 1 amide bonds. The van der Waals surface area contributed by atoms with Gasteiger partial charge in [-0.25, -0.2) is 0 Å². The Labute approximate surface area is 162 Å². The lowest BCUT2D eigenvalue weighted by Gasteiger charge is -2.26. The number of aromatic nitrogens is 1. The Bertz CT molecular complexity index is 735. The Hall–Kier alpha value is -1.27. The number of nitrogens with two attached hydrogens (primary N) is 1. The first kappa shape index (κ1) is 20.0. The highest BCUT2D eigenvalue weighted by Gasteiger charge is 2.27. The minimum atomic E-state index is -0.222. The molecule has 0 saturated heterocycles. The minimum absolute atomic E-state index is 0. The van der Waals surface area contributed by atoms with E-state index in [1.165, 1.54) is 0 Å². The van der Waals surface area contributed by atoms with Gasteiger partial charge in [-0.1, -0.05) is 34.4 Å². The van der Waals surface area contributed by atoms with Gasteiger partial charge < -0.3 is 15.6 Å². The zero-order valence-electron chi connectivity index (χ0n) is 13.7. The molecule has 0 bridgehead atoms. The number of nitrogens with zero attached hydrogens (tertiary/aromatic N) is 1. The van der Waals surface area contributed by atoms with Gasteiger partial charge in [0.05, 0.1) is 10.0 Å². The third-order valence-electron chi connectivity index (χ3n) is 4.40. The van der Waals surface area contributed by atoms with Crippen LogP contribution in [0.2, 0.25) is 10.0 Å². The SMILES string of the molecule is Cc1onc(-c2c(Cl)cccc2Cl)c1C(=O)NC1CCC(N)CC1.Cl. The average Bonchev–Trinajstić information content (AvgIpc) is 2.91. The highest BCUT2D eigenvalue weighted by atomic mass is 35.5. The fourth-order valence-electron chi connectivity index (χ4n) is 3.06. The van der Waals surface area contributed by atoms with E-state index in [1.807, 2.05) is 0 Å². The molecule has 8 heteroatoms. The Morgan fingerprint density at radius 3 is 2.44 bits per heavy atom. The molecule has 136 valence electrons. The van der Waals surface area contributed by atoms with Crippen molar-refractivity contribution in [2.24, 2.45) is 5.73 Å². The molecule has 0 unspecified atom stereocenters. The number of benzene rings is 1. The van der Waals surface area contributed by atoms with Crippen LogP contribution in [-0.2, 0) is 0 Å². The van der Waals surface area contributed by atoms with E-state index in [1.54, 1.807) is 25.1 Å². The van der Waals surface area contributed by atoms with E-state index < -0.39 is 0 Å². The second-order valence-electron chi connectivity index (χ2n) is 6.14. The molecule has 5 nitrogen and oxygen atoms in total. The largest absolute Gasteiger partial charge is 0.360 e. The quantitative estimate of drug-likeness (QED) is 0.795. The van der Waals surface area contributed by atoms with Crippen LogP contribution in [-0.4, -0.2) is 23.1 Å². The standard InChI is InChI=1S/C17H19Cl2N3O2.ClH/c1-9-14(17(23)21-11-7-5-10(20)6-8-11)16(22-24-9)15-12(18)3-2-4-13(15)19;/h2-4,10-11H,5-8,20H2,1H3,(H,21,23);1H. The topological polar surface area (TPSA) is 81.2 Å². The Kier molecular flexibility index (Phi) is 6.74. The van der Waals surface area contributed by atoms with Crippen LogP contribution in [0.15, 0.2) is 22.7 Å². The fraction of sp³-hybridized carbons (Fsp3) is 0.412. The molecule has 0 spiro atoms.